The van der Waals surface area contributed by atoms with Crippen molar-refractivity contribution in [1.82, 2.24) is 0 Å². The van der Waals surface area contributed by atoms with Gasteiger partial charge in [0.2, 0.25) is 0 Å². The number of alkyl halides is 4. The average molecular weight is 1270 g/mol. The Morgan fingerprint density at radius 2 is 1.32 bits per heavy atom. The summed E-state index contributed by atoms with van der Waals surface area (Å²) in [5.74, 6) is -1.19. The predicted molar refractivity (Wildman–Crippen MR) is 313 cm³/mol. The lowest BCUT2D eigenvalue weighted by Crippen LogP contribution is -2.69. The molecular formula is C54H102F3IO12SSi4. The molecule has 4 saturated heterocycles. The Hall–Kier alpha value is 0.258. The molecule has 3 unspecified atom stereocenters. The Kier molecular flexibility index (Phi) is 23.3. The van der Waals surface area contributed by atoms with Gasteiger partial charge in [-0.05, 0) is 124 Å². The van der Waals surface area contributed by atoms with E-state index in [2.05, 4.69) is 156 Å². The Morgan fingerprint density at radius 3 is 1.84 bits per heavy atom. The van der Waals surface area contributed by atoms with Crippen molar-refractivity contribution in [3.8, 4) is 0 Å². The fraction of sp³-hybridized carbons (Fsp3) is 0.926. The number of hydrogen-bond acceptors (Lipinski definition) is 12. The van der Waals surface area contributed by atoms with E-state index in [-0.39, 0.29) is 58.2 Å². The van der Waals surface area contributed by atoms with Crippen LogP contribution in [0.3, 0.4) is 0 Å². The first-order chi connectivity index (χ1) is 34.1. The zero-order valence-corrected chi connectivity index (χ0v) is 56.5. The molecule has 440 valence electrons. The smallest absolute Gasteiger partial charge is 0.417 e. The molecule has 0 saturated carbocycles. The van der Waals surface area contributed by atoms with Crippen LogP contribution < -0.4 is 0 Å². The van der Waals surface area contributed by atoms with E-state index >= 15 is 0 Å². The third-order valence-corrected chi connectivity index (χ3v) is 38.9. The summed E-state index contributed by atoms with van der Waals surface area (Å²) < 4.78 is 125. The molecule has 4 rings (SSSR count). The first-order valence-electron chi connectivity index (χ1n) is 28.1. The minimum atomic E-state index is -5.82. The largest absolute Gasteiger partial charge is 0.534 e. The molecule has 0 aromatic rings. The molecule has 21 heteroatoms. The second kappa shape index (κ2) is 25.8. The number of hydrogen-bond donors (Lipinski definition) is 1. The van der Waals surface area contributed by atoms with Gasteiger partial charge in [-0.25, -0.2) is 0 Å². The van der Waals surface area contributed by atoms with Crippen LogP contribution in [0.15, 0.2) is 24.5 Å². The van der Waals surface area contributed by atoms with Gasteiger partial charge in [-0.3, -0.25) is 0 Å². The lowest BCUT2D eigenvalue weighted by atomic mass is 9.85. The first kappa shape index (κ1) is 67.8. The quantitative estimate of drug-likeness (QED) is 0.0177. The Balaban J connectivity index is 1.64. The maximum Gasteiger partial charge on any atom is 0.534 e. The van der Waals surface area contributed by atoms with Crippen molar-refractivity contribution >= 4 is 66.0 Å². The van der Waals surface area contributed by atoms with Crippen LogP contribution in [-0.2, 0) is 51.0 Å². The zero-order valence-electron chi connectivity index (χ0n) is 49.5. The average Bonchev–Trinajstić information content (AvgIpc) is 3.66. The van der Waals surface area contributed by atoms with Crippen molar-refractivity contribution in [3.05, 3.63) is 24.5 Å². The summed E-state index contributed by atoms with van der Waals surface area (Å²) in [5, 5.41) is 11.5. The highest BCUT2D eigenvalue weighted by atomic mass is 127. The molecule has 4 fully saturated rings. The van der Waals surface area contributed by atoms with Crippen LogP contribution in [0, 0.1) is 5.92 Å². The predicted octanol–water partition coefficient (Wildman–Crippen LogP) is 14.5. The molecule has 0 aliphatic carbocycles. The van der Waals surface area contributed by atoms with E-state index in [0.29, 0.717) is 43.1 Å². The van der Waals surface area contributed by atoms with Gasteiger partial charge in [0, 0.05) is 23.4 Å². The molecule has 4 heterocycles. The number of aliphatic hydroxyl groups is 1. The van der Waals surface area contributed by atoms with E-state index in [1.807, 2.05) is 12.2 Å². The fourth-order valence-corrected chi connectivity index (χ4v) is 18.1. The van der Waals surface area contributed by atoms with Gasteiger partial charge in [0.25, 0.3) is 0 Å². The van der Waals surface area contributed by atoms with Crippen LogP contribution in [0.2, 0.25) is 72.5 Å². The molecule has 4 aliphatic heterocycles. The Bertz CT molecular complexity index is 1980. The highest BCUT2D eigenvalue weighted by Gasteiger charge is 2.58. The van der Waals surface area contributed by atoms with Crippen LogP contribution in [0.5, 0.6) is 0 Å². The summed E-state index contributed by atoms with van der Waals surface area (Å²) in [7, 11) is -15.1. The number of allylic oxidation sites excluding steroid dienone is 1. The van der Waals surface area contributed by atoms with Gasteiger partial charge in [0.1, 0.15) is 35.8 Å². The second-order valence-electron chi connectivity index (χ2n) is 26.9. The Labute approximate surface area is 470 Å². The zero-order chi connectivity index (χ0) is 57.2. The number of rotatable bonds is 25. The minimum absolute atomic E-state index is 0.00316. The van der Waals surface area contributed by atoms with E-state index in [0.717, 1.165) is 37.4 Å². The maximum absolute atomic E-state index is 13.0. The van der Waals surface area contributed by atoms with Gasteiger partial charge in [-0.2, -0.15) is 21.6 Å². The monoisotopic (exact) mass is 1270 g/mol. The molecule has 0 spiro atoms. The number of ether oxygens (including phenoxy) is 4. The lowest BCUT2D eigenvalue weighted by molar-refractivity contribution is -0.267. The molecule has 0 bridgehead atoms. The van der Waals surface area contributed by atoms with Gasteiger partial charge in [-0.1, -0.05) is 131 Å². The molecule has 0 amide bonds. The van der Waals surface area contributed by atoms with Crippen molar-refractivity contribution in [2.75, 3.05) is 11.0 Å². The molecule has 0 aromatic carbocycles. The number of aliphatic hydroxyl groups excluding tert-OH is 1. The summed E-state index contributed by atoms with van der Waals surface area (Å²) in [6, 6.07) is 3.32. The second-order valence-corrected chi connectivity index (χ2v) is 48.3. The molecule has 4 aliphatic rings. The molecule has 0 aromatic heterocycles. The van der Waals surface area contributed by atoms with Crippen molar-refractivity contribution < 1.29 is 67.5 Å². The van der Waals surface area contributed by atoms with Gasteiger partial charge >= 0.3 is 15.6 Å². The van der Waals surface area contributed by atoms with Gasteiger partial charge < -0.3 is 45.9 Å². The molecule has 75 heavy (non-hydrogen) atoms. The molecule has 1 N–H and O–H groups in total. The molecular weight excluding hydrogens is 1170 g/mol. The van der Waals surface area contributed by atoms with Crippen molar-refractivity contribution in [2.45, 2.75) is 299 Å². The minimum Gasteiger partial charge on any atom is -0.417 e. The van der Waals surface area contributed by atoms with E-state index in [4.69, 9.17) is 36.7 Å². The van der Waals surface area contributed by atoms with Crippen molar-refractivity contribution in [1.29, 1.82) is 0 Å². The molecule has 0 radical (unpaired) electrons. The van der Waals surface area contributed by atoms with Crippen LogP contribution in [-0.4, -0.2) is 136 Å². The lowest BCUT2D eigenvalue weighted by Gasteiger charge is -2.56. The maximum atomic E-state index is 13.0. The number of halogens is 4. The fourth-order valence-electron chi connectivity index (χ4n) is 10.1. The van der Waals surface area contributed by atoms with Crippen LogP contribution >= 0.6 is 22.6 Å². The highest BCUT2D eigenvalue weighted by molar-refractivity contribution is 14.1. The van der Waals surface area contributed by atoms with E-state index in [9.17, 15) is 26.7 Å². The molecule has 13 atom stereocenters. The molecule has 12 nitrogen and oxygen atoms in total. The van der Waals surface area contributed by atoms with E-state index < -0.39 is 96.7 Å². The SMILES string of the molecule is C=C(OS(=O)(=O)C(F)(F)F)C(C)C[C@H]1CC[C@@H]2O[C@@H](CCC(O)/C=C/C(O[Si](C)(C)C(C)(C)C)[C@@H]3O[C@H]4CC[C@H](CCO[Si](CC)(CC)CC)O[C@@H]4[C@H](O[Si](C)(C)C(C)(C)C)[C@@H]3O[Si](C)(C)C(C)(C)C)C[C@]2(CI)O1. The van der Waals surface area contributed by atoms with Crippen LogP contribution in [0.1, 0.15) is 148 Å². The summed E-state index contributed by atoms with van der Waals surface area (Å²) in [6.45, 7) is 46.6. The van der Waals surface area contributed by atoms with Crippen molar-refractivity contribution in [3.63, 3.8) is 0 Å². The standard InChI is InChI=1S/C54H102F3IO12SSi4/c1-21-75(22-2,23-3)62-33-32-40-27-30-43-46(64-40)48(69-73(17,18)51(9,10)11)49(70-74(19,20)52(12,13)14)47(65-43)44(68-72(15,16)50(6,7)8)29-25-39(59)24-26-42-35-53(36-58)45(63-42)31-28-41(66-53)34-37(4)38(5)67-71(60,61)54(55,56)57/h25,29,37,39-49,59H,5,21-24,26-28,30-36H2,1-4,6-20H3/b29-25+/t37?,39?,40-,41-,42+,43+,44?,45+,46+,47+,48+,49-,53-/m1/s1. The third-order valence-electron chi connectivity index (χ3n) is 18.5. The van der Waals surface area contributed by atoms with Crippen LogP contribution in [0.4, 0.5) is 13.2 Å². The Morgan fingerprint density at radius 1 is 0.773 bits per heavy atom. The summed E-state index contributed by atoms with van der Waals surface area (Å²) in [4.78, 5) is 0. The van der Waals surface area contributed by atoms with Gasteiger partial charge in [0.05, 0.1) is 42.7 Å². The first-order valence-corrected chi connectivity index (χ1v) is 42.3. The summed E-state index contributed by atoms with van der Waals surface area (Å²) in [6.07, 6.45) is 4.99. The van der Waals surface area contributed by atoms with Gasteiger partial charge in [-0.15, -0.1) is 0 Å². The van der Waals surface area contributed by atoms with Gasteiger partial charge in [0.15, 0.2) is 33.3 Å². The normalized spacial score (nSPS) is 30.2. The summed E-state index contributed by atoms with van der Waals surface area (Å²) >= 11 is 2.30. The van der Waals surface area contributed by atoms with E-state index in [1.165, 1.54) is 0 Å². The summed E-state index contributed by atoms with van der Waals surface area (Å²) in [5.41, 5.74) is -6.19. The number of fused-ring (bicyclic) bond motifs is 2. The topological polar surface area (TPSA) is 137 Å². The van der Waals surface area contributed by atoms with Crippen LogP contribution in [0.25, 0.3) is 0 Å². The third kappa shape index (κ3) is 16.9. The van der Waals surface area contributed by atoms with E-state index in [1.54, 1.807) is 6.92 Å². The van der Waals surface area contributed by atoms with Crippen molar-refractivity contribution in [2.24, 2.45) is 5.92 Å². The highest BCUT2D eigenvalue weighted by Crippen LogP contribution is 2.49.